The first-order valence-corrected chi connectivity index (χ1v) is 7.47. The Kier molecular flexibility index (Phi) is 5.09. The van der Waals surface area contributed by atoms with Crippen LogP contribution in [0.4, 0.5) is 24.7 Å². The molecule has 0 saturated carbocycles. The normalized spacial score (nSPS) is 11.4. The Morgan fingerprint density at radius 2 is 2.05 bits per heavy atom. The van der Waals surface area contributed by atoms with Crippen molar-refractivity contribution >= 4 is 34.1 Å². The maximum atomic E-state index is 13.2. The predicted molar refractivity (Wildman–Crippen MR) is 85.4 cm³/mol. The number of ether oxygens (including phenoxy) is 1. The van der Waals surface area contributed by atoms with Crippen LogP contribution >= 0.6 is 22.6 Å². The molecule has 0 bridgehead atoms. The number of rotatable bonds is 4. The summed E-state index contributed by atoms with van der Waals surface area (Å²) in [7, 11) is 1.53. The zero-order chi connectivity index (χ0) is 16.3. The minimum atomic E-state index is -4.55. The maximum absolute atomic E-state index is 13.2. The minimum Gasteiger partial charge on any atom is -0.464 e. The van der Waals surface area contributed by atoms with Gasteiger partial charge in [-0.05, 0) is 47.7 Å². The summed E-state index contributed by atoms with van der Waals surface area (Å²) in [5.74, 6) is -0.243. The van der Waals surface area contributed by atoms with Crippen molar-refractivity contribution in [2.45, 2.75) is 13.1 Å². The number of halogens is 4. The molecule has 1 heterocycles. The maximum Gasteiger partial charge on any atom is 0.421 e. The zero-order valence-corrected chi connectivity index (χ0v) is 14.0. The van der Waals surface area contributed by atoms with Crippen LogP contribution in [0.3, 0.4) is 0 Å². The molecule has 0 aliphatic rings. The van der Waals surface area contributed by atoms with Crippen molar-refractivity contribution in [2.24, 2.45) is 0 Å². The summed E-state index contributed by atoms with van der Waals surface area (Å²) in [6, 6.07) is 7.02. The number of aromatic nitrogens is 2. The molecule has 0 radical (unpaired) electrons. The molecular weight excluding hydrogens is 410 g/mol. The average molecular weight is 423 g/mol. The second-order valence-corrected chi connectivity index (χ2v) is 5.61. The van der Waals surface area contributed by atoms with Crippen molar-refractivity contribution < 1.29 is 17.9 Å². The van der Waals surface area contributed by atoms with E-state index in [1.54, 1.807) is 25.1 Å². The number of hydrogen-bond donors (Lipinski definition) is 0. The molecule has 1 aromatic carbocycles. The van der Waals surface area contributed by atoms with E-state index in [0.717, 1.165) is 9.77 Å². The standard InChI is InChI=1S/C14H13F3IN3O/c1-3-22-13-19-8-11(14(15,16)17)12(20-13)21(2)10-6-4-5-9(18)7-10/h4-8H,3H2,1-2H3. The molecule has 0 spiro atoms. The topological polar surface area (TPSA) is 38.2 Å². The second-order valence-electron chi connectivity index (χ2n) is 4.36. The van der Waals surface area contributed by atoms with Crippen molar-refractivity contribution in [3.8, 4) is 6.01 Å². The highest BCUT2D eigenvalue weighted by Gasteiger charge is 2.36. The van der Waals surface area contributed by atoms with E-state index in [9.17, 15) is 13.2 Å². The lowest BCUT2D eigenvalue weighted by atomic mass is 10.2. The molecule has 8 heteroatoms. The molecule has 22 heavy (non-hydrogen) atoms. The molecule has 1 aromatic heterocycles. The fraction of sp³-hybridized carbons (Fsp3) is 0.286. The fourth-order valence-electron chi connectivity index (χ4n) is 1.82. The lowest BCUT2D eigenvalue weighted by Crippen LogP contribution is -2.19. The van der Waals surface area contributed by atoms with Gasteiger partial charge in [-0.1, -0.05) is 6.07 Å². The van der Waals surface area contributed by atoms with Gasteiger partial charge in [0.15, 0.2) is 5.82 Å². The molecule has 0 N–H and O–H groups in total. The molecule has 0 aliphatic carbocycles. The SMILES string of the molecule is CCOc1ncc(C(F)(F)F)c(N(C)c2cccc(I)c2)n1. The molecule has 0 fully saturated rings. The summed E-state index contributed by atoms with van der Waals surface area (Å²) in [4.78, 5) is 8.88. The van der Waals surface area contributed by atoms with Crippen LogP contribution in [-0.4, -0.2) is 23.6 Å². The van der Waals surface area contributed by atoms with Crippen molar-refractivity contribution in [1.29, 1.82) is 0 Å². The zero-order valence-electron chi connectivity index (χ0n) is 11.9. The molecule has 0 aliphatic heterocycles. The summed E-state index contributed by atoms with van der Waals surface area (Å²) in [5, 5.41) is 0. The van der Waals surface area contributed by atoms with Gasteiger partial charge < -0.3 is 9.64 Å². The summed E-state index contributed by atoms with van der Waals surface area (Å²) >= 11 is 2.10. The lowest BCUT2D eigenvalue weighted by Gasteiger charge is -2.22. The van der Waals surface area contributed by atoms with E-state index in [-0.39, 0.29) is 18.4 Å². The molecule has 0 amide bonds. The summed E-state index contributed by atoms with van der Waals surface area (Å²) in [6.45, 7) is 1.99. The Balaban J connectivity index is 2.52. The molecule has 0 atom stereocenters. The van der Waals surface area contributed by atoms with Crippen molar-refractivity contribution in [1.82, 2.24) is 9.97 Å². The van der Waals surface area contributed by atoms with Gasteiger partial charge in [-0.25, -0.2) is 4.98 Å². The number of nitrogens with zero attached hydrogens (tertiary/aromatic N) is 3. The first-order chi connectivity index (χ1) is 10.3. The fourth-order valence-corrected chi connectivity index (χ4v) is 2.35. The van der Waals surface area contributed by atoms with Crippen LogP contribution in [0, 0.1) is 3.57 Å². The van der Waals surface area contributed by atoms with Gasteiger partial charge in [-0.2, -0.15) is 18.2 Å². The van der Waals surface area contributed by atoms with E-state index in [0.29, 0.717) is 5.69 Å². The Bertz CT molecular complexity index is 664. The molecule has 118 valence electrons. The van der Waals surface area contributed by atoms with E-state index in [1.807, 2.05) is 6.07 Å². The van der Waals surface area contributed by atoms with Crippen molar-refractivity contribution in [2.75, 3.05) is 18.6 Å². The summed E-state index contributed by atoms with van der Waals surface area (Å²) < 4.78 is 45.5. The van der Waals surface area contributed by atoms with Gasteiger partial charge in [-0.3, -0.25) is 0 Å². The third kappa shape index (κ3) is 3.79. The van der Waals surface area contributed by atoms with Crippen LogP contribution in [0.15, 0.2) is 30.5 Å². The van der Waals surface area contributed by atoms with Gasteiger partial charge in [0.25, 0.3) is 0 Å². The van der Waals surface area contributed by atoms with E-state index in [1.165, 1.54) is 11.9 Å². The van der Waals surface area contributed by atoms with E-state index >= 15 is 0 Å². The molecule has 0 saturated heterocycles. The van der Waals surface area contributed by atoms with Gasteiger partial charge in [0.1, 0.15) is 5.56 Å². The highest BCUT2D eigenvalue weighted by Crippen LogP contribution is 2.37. The predicted octanol–water partition coefficient (Wildman–Crippen LogP) is 4.27. The number of hydrogen-bond acceptors (Lipinski definition) is 4. The monoisotopic (exact) mass is 423 g/mol. The average Bonchev–Trinajstić information content (AvgIpc) is 2.45. The summed E-state index contributed by atoms with van der Waals surface area (Å²) in [5.41, 5.74) is -0.309. The molecule has 4 nitrogen and oxygen atoms in total. The van der Waals surface area contributed by atoms with Crippen LogP contribution < -0.4 is 9.64 Å². The van der Waals surface area contributed by atoms with Crippen LogP contribution in [0.2, 0.25) is 0 Å². The van der Waals surface area contributed by atoms with Gasteiger partial charge in [0.05, 0.1) is 6.61 Å². The molecule has 2 aromatic rings. The first-order valence-electron chi connectivity index (χ1n) is 6.39. The molecule has 2 rings (SSSR count). The second kappa shape index (κ2) is 6.67. The minimum absolute atomic E-state index is 0.0806. The van der Waals surface area contributed by atoms with E-state index < -0.39 is 11.7 Å². The highest BCUT2D eigenvalue weighted by atomic mass is 127. The van der Waals surface area contributed by atoms with E-state index in [2.05, 4.69) is 32.6 Å². The van der Waals surface area contributed by atoms with Crippen LogP contribution in [0.1, 0.15) is 12.5 Å². The number of alkyl halides is 3. The Hall–Kier alpha value is -1.58. The first kappa shape index (κ1) is 16.8. The van der Waals surface area contributed by atoms with Gasteiger partial charge in [0, 0.05) is 22.5 Å². The van der Waals surface area contributed by atoms with Crippen LogP contribution in [-0.2, 0) is 6.18 Å². The smallest absolute Gasteiger partial charge is 0.421 e. The van der Waals surface area contributed by atoms with Gasteiger partial charge >= 0.3 is 12.2 Å². The molecular formula is C14H13F3IN3O. The quantitative estimate of drug-likeness (QED) is 0.689. The Morgan fingerprint density at radius 3 is 2.64 bits per heavy atom. The number of benzene rings is 1. The van der Waals surface area contributed by atoms with E-state index in [4.69, 9.17) is 4.74 Å². The van der Waals surface area contributed by atoms with Crippen LogP contribution in [0.25, 0.3) is 0 Å². The third-order valence-electron chi connectivity index (χ3n) is 2.84. The van der Waals surface area contributed by atoms with Crippen LogP contribution in [0.5, 0.6) is 6.01 Å². The van der Waals surface area contributed by atoms with Gasteiger partial charge in [-0.15, -0.1) is 0 Å². The summed E-state index contributed by atoms with van der Waals surface area (Å²) in [6.07, 6.45) is -3.80. The largest absolute Gasteiger partial charge is 0.464 e. The van der Waals surface area contributed by atoms with Crippen molar-refractivity contribution in [3.05, 3.63) is 39.6 Å². The Morgan fingerprint density at radius 1 is 1.32 bits per heavy atom. The Labute approximate surface area is 139 Å². The lowest BCUT2D eigenvalue weighted by molar-refractivity contribution is -0.137. The number of anilines is 2. The van der Waals surface area contributed by atoms with Crippen molar-refractivity contribution in [3.63, 3.8) is 0 Å². The molecule has 0 unspecified atom stereocenters. The highest BCUT2D eigenvalue weighted by molar-refractivity contribution is 14.1. The third-order valence-corrected chi connectivity index (χ3v) is 3.51. The van der Waals surface area contributed by atoms with Gasteiger partial charge in [0.2, 0.25) is 0 Å².